The predicted octanol–water partition coefficient (Wildman–Crippen LogP) is 1.89. The summed E-state index contributed by atoms with van der Waals surface area (Å²) in [6.45, 7) is 3.92. The van der Waals surface area contributed by atoms with Crippen molar-refractivity contribution in [3.05, 3.63) is 29.3 Å². The Hall–Kier alpha value is -1.38. The third kappa shape index (κ3) is 3.84. The molecule has 0 bridgehead atoms. The minimum absolute atomic E-state index is 0.295. The fourth-order valence-corrected chi connectivity index (χ4v) is 2.85. The summed E-state index contributed by atoms with van der Waals surface area (Å²) in [6, 6.07) is 7.30. The lowest BCUT2D eigenvalue weighted by Crippen LogP contribution is -2.25. The highest BCUT2D eigenvalue weighted by Crippen LogP contribution is 2.16. The molecule has 0 spiro atoms. The third-order valence-electron chi connectivity index (χ3n) is 2.39. The molecule has 0 saturated carbocycles. The second kappa shape index (κ2) is 5.80. The van der Waals surface area contributed by atoms with E-state index < -0.39 is 10.0 Å². The van der Waals surface area contributed by atoms with Crippen LogP contribution in [0.1, 0.15) is 24.0 Å². The van der Waals surface area contributed by atoms with Gasteiger partial charge in [-0.2, -0.15) is 5.26 Å². The zero-order valence-corrected chi connectivity index (χ0v) is 10.8. The molecule has 0 atom stereocenters. The SMILES string of the molecule is Cc1ccc(C)c(S(=O)(=O)NCCCC#N)c1. The van der Waals surface area contributed by atoms with Crippen molar-refractivity contribution < 1.29 is 8.42 Å². The van der Waals surface area contributed by atoms with Gasteiger partial charge in [0.2, 0.25) is 10.0 Å². The first-order valence-corrected chi connectivity index (χ1v) is 6.89. The fraction of sp³-hybridized carbons (Fsp3) is 0.417. The summed E-state index contributed by atoms with van der Waals surface area (Å²) in [5, 5.41) is 8.37. The molecule has 0 radical (unpaired) electrons. The van der Waals surface area contributed by atoms with Crippen LogP contribution >= 0.6 is 0 Å². The van der Waals surface area contributed by atoms with Gasteiger partial charge >= 0.3 is 0 Å². The summed E-state index contributed by atoms with van der Waals surface area (Å²) >= 11 is 0. The molecule has 0 fully saturated rings. The average Bonchev–Trinajstić information content (AvgIpc) is 2.28. The van der Waals surface area contributed by atoms with Crippen LogP contribution in [0.25, 0.3) is 0 Å². The Morgan fingerprint density at radius 2 is 2.06 bits per heavy atom. The van der Waals surface area contributed by atoms with Crippen molar-refractivity contribution in [2.45, 2.75) is 31.6 Å². The number of benzene rings is 1. The molecule has 4 nitrogen and oxygen atoms in total. The second-order valence-corrected chi connectivity index (χ2v) is 5.66. The number of hydrogen-bond donors (Lipinski definition) is 1. The van der Waals surface area contributed by atoms with Gasteiger partial charge in [0.15, 0.2) is 0 Å². The smallest absolute Gasteiger partial charge is 0.211 e. The molecule has 0 saturated heterocycles. The number of aryl methyl sites for hydroxylation is 2. The summed E-state index contributed by atoms with van der Waals surface area (Å²) < 4.78 is 26.4. The summed E-state index contributed by atoms with van der Waals surface area (Å²) in [5.74, 6) is 0. The molecule has 0 aliphatic heterocycles. The molecule has 0 aliphatic rings. The van der Waals surface area contributed by atoms with E-state index in [4.69, 9.17) is 5.26 Å². The lowest BCUT2D eigenvalue weighted by Gasteiger charge is -2.09. The molecule has 1 aromatic rings. The zero-order chi connectivity index (χ0) is 12.9. The lowest BCUT2D eigenvalue weighted by molar-refractivity contribution is 0.579. The van der Waals surface area contributed by atoms with E-state index in [0.29, 0.717) is 24.3 Å². The molecule has 0 aromatic heterocycles. The van der Waals surface area contributed by atoms with Crippen molar-refractivity contribution in [2.75, 3.05) is 6.54 Å². The van der Waals surface area contributed by atoms with E-state index in [1.807, 2.05) is 19.1 Å². The van der Waals surface area contributed by atoms with Gasteiger partial charge in [-0.1, -0.05) is 12.1 Å². The number of nitrogens with zero attached hydrogens (tertiary/aromatic N) is 1. The van der Waals surface area contributed by atoms with Crippen LogP contribution in [0.3, 0.4) is 0 Å². The highest BCUT2D eigenvalue weighted by molar-refractivity contribution is 7.89. The Morgan fingerprint density at radius 1 is 1.35 bits per heavy atom. The molecule has 0 heterocycles. The average molecular weight is 252 g/mol. The first-order valence-electron chi connectivity index (χ1n) is 5.41. The maximum atomic E-state index is 12.0. The molecule has 0 amide bonds. The van der Waals surface area contributed by atoms with Gasteiger partial charge in [0.1, 0.15) is 0 Å². The fourth-order valence-electron chi connectivity index (χ4n) is 1.45. The second-order valence-electron chi connectivity index (χ2n) is 3.93. The van der Waals surface area contributed by atoms with E-state index in [2.05, 4.69) is 4.72 Å². The lowest BCUT2D eigenvalue weighted by atomic mass is 10.2. The molecule has 1 aromatic carbocycles. The van der Waals surface area contributed by atoms with Crippen LogP contribution in [0.5, 0.6) is 0 Å². The molecule has 0 aliphatic carbocycles. The van der Waals surface area contributed by atoms with Crippen LogP contribution in [0, 0.1) is 25.2 Å². The van der Waals surface area contributed by atoms with Gasteiger partial charge in [0.05, 0.1) is 11.0 Å². The first kappa shape index (κ1) is 13.7. The molecule has 0 unspecified atom stereocenters. The van der Waals surface area contributed by atoms with E-state index in [1.54, 1.807) is 19.1 Å². The molecular weight excluding hydrogens is 236 g/mol. The van der Waals surface area contributed by atoms with Gasteiger partial charge in [-0.25, -0.2) is 13.1 Å². The normalized spacial score (nSPS) is 11.1. The minimum Gasteiger partial charge on any atom is -0.211 e. The summed E-state index contributed by atoms with van der Waals surface area (Å²) in [4.78, 5) is 0.314. The van der Waals surface area contributed by atoms with Crippen molar-refractivity contribution in [1.29, 1.82) is 5.26 Å². The molecule has 1 rings (SSSR count). The predicted molar refractivity (Wildman–Crippen MR) is 66.0 cm³/mol. The molecule has 17 heavy (non-hydrogen) atoms. The summed E-state index contributed by atoms with van der Waals surface area (Å²) in [7, 11) is -3.45. The van der Waals surface area contributed by atoms with Crippen molar-refractivity contribution in [3.8, 4) is 6.07 Å². The number of nitrogens with one attached hydrogen (secondary N) is 1. The standard InChI is InChI=1S/C12H16N2O2S/c1-10-5-6-11(2)12(9-10)17(15,16)14-8-4-3-7-13/h5-6,9,14H,3-4,8H2,1-2H3. The van der Waals surface area contributed by atoms with Crippen molar-refractivity contribution in [1.82, 2.24) is 4.72 Å². The van der Waals surface area contributed by atoms with Crippen molar-refractivity contribution >= 4 is 10.0 Å². The van der Waals surface area contributed by atoms with Crippen molar-refractivity contribution in [3.63, 3.8) is 0 Å². The Kier molecular flexibility index (Phi) is 4.67. The van der Waals surface area contributed by atoms with Crippen LogP contribution in [0.15, 0.2) is 23.1 Å². The van der Waals surface area contributed by atoms with Gasteiger partial charge in [0, 0.05) is 13.0 Å². The van der Waals surface area contributed by atoms with Gasteiger partial charge in [0.25, 0.3) is 0 Å². The molecule has 92 valence electrons. The Bertz CT molecular complexity index is 530. The maximum absolute atomic E-state index is 12.0. The molecular formula is C12H16N2O2S. The van der Waals surface area contributed by atoms with Gasteiger partial charge in [-0.15, -0.1) is 0 Å². The quantitative estimate of drug-likeness (QED) is 0.813. The number of hydrogen-bond acceptors (Lipinski definition) is 3. The van der Waals surface area contributed by atoms with Crippen LogP contribution in [-0.2, 0) is 10.0 Å². The molecule has 5 heteroatoms. The maximum Gasteiger partial charge on any atom is 0.240 e. The summed E-state index contributed by atoms with van der Waals surface area (Å²) in [6.07, 6.45) is 0.885. The van der Waals surface area contributed by atoms with Crippen molar-refractivity contribution in [2.24, 2.45) is 0 Å². The first-order chi connectivity index (χ1) is 7.97. The summed E-state index contributed by atoms with van der Waals surface area (Å²) in [5.41, 5.74) is 1.64. The monoisotopic (exact) mass is 252 g/mol. The van der Waals surface area contributed by atoms with Crippen LogP contribution in [-0.4, -0.2) is 15.0 Å². The highest BCUT2D eigenvalue weighted by atomic mass is 32.2. The van der Waals surface area contributed by atoms with Gasteiger partial charge < -0.3 is 0 Å². The van der Waals surface area contributed by atoms with E-state index in [1.165, 1.54) is 0 Å². The highest BCUT2D eigenvalue weighted by Gasteiger charge is 2.15. The van der Waals surface area contributed by atoms with Crippen LogP contribution < -0.4 is 4.72 Å². The van der Waals surface area contributed by atoms with Crippen LogP contribution in [0.2, 0.25) is 0 Å². The number of sulfonamides is 1. The van der Waals surface area contributed by atoms with E-state index in [0.717, 1.165) is 11.1 Å². The third-order valence-corrected chi connectivity index (χ3v) is 3.99. The number of nitriles is 1. The van der Waals surface area contributed by atoms with E-state index in [9.17, 15) is 8.42 Å². The number of unbranched alkanes of at least 4 members (excludes halogenated alkanes) is 1. The molecule has 1 N–H and O–H groups in total. The zero-order valence-electron chi connectivity index (χ0n) is 10.0. The Labute approximate surface area is 102 Å². The Balaban J connectivity index is 2.83. The van der Waals surface area contributed by atoms with Gasteiger partial charge in [-0.3, -0.25) is 0 Å². The van der Waals surface area contributed by atoms with Gasteiger partial charge in [-0.05, 0) is 37.5 Å². The topological polar surface area (TPSA) is 70.0 Å². The van der Waals surface area contributed by atoms with Crippen LogP contribution in [0.4, 0.5) is 0 Å². The largest absolute Gasteiger partial charge is 0.240 e. The number of rotatable bonds is 5. The minimum atomic E-state index is -3.45. The Morgan fingerprint density at radius 3 is 2.71 bits per heavy atom. The van der Waals surface area contributed by atoms with E-state index >= 15 is 0 Å². The van der Waals surface area contributed by atoms with E-state index in [-0.39, 0.29) is 0 Å².